The van der Waals surface area contributed by atoms with Crippen LogP contribution in [0.1, 0.15) is 12.8 Å². The molecule has 1 aliphatic rings. The number of pyridine rings is 1. The number of hydrogen-bond acceptors (Lipinski definition) is 2. The Bertz CT molecular complexity index is 805. The van der Waals surface area contributed by atoms with Gasteiger partial charge in [-0.1, -0.05) is 29.8 Å². The maximum absolute atomic E-state index is 6.28. The van der Waals surface area contributed by atoms with Crippen molar-refractivity contribution in [2.75, 3.05) is 18.0 Å². The average Bonchev–Trinajstić information content (AvgIpc) is 3.10. The van der Waals surface area contributed by atoms with Crippen LogP contribution in [0.4, 0.5) is 5.69 Å². The molecule has 2 aromatic carbocycles. The lowest BCUT2D eigenvalue weighted by Gasteiger charge is -2.17. The van der Waals surface area contributed by atoms with E-state index in [-0.39, 0.29) is 0 Å². The van der Waals surface area contributed by atoms with E-state index < -0.39 is 0 Å². The number of fused-ring (bicyclic) bond motifs is 1. The summed E-state index contributed by atoms with van der Waals surface area (Å²) in [6.45, 7) is 2.35. The lowest BCUT2D eigenvalue weighted by molar-refractivity contribution is 0.949. The third kappa shape index (κ3) is 2.44. The quantitative estimate of drug-likeness (QED) is 0.650. The van der Waals surface area contributed by atoms with Gasteiger partial charge in [0, 0.05) is 30.4 Å². The Morgan fingerprint density at radius 2 is 1.59 bits per heavy atom. The lowest BCUT2D eigenvalue weighted by atomic mass is 10.0. The van der Waals surface area contributed by atoms with E-state index in [1.54, 1.807) is 6.20 Å². The molecule has 2 nitrogen and oxygen atoms in total. The Morgan fingerprint density at radius 1 is 0.864 bits per heavy atom. The summed E-state index contributed by atoms with van der Waals surface area (Å²) in [7, 11) is 0. The van der Waals surface area contributed by atoms with Crippen molar-refractivity contribution >= 4 is 28.2 Å². The standard InChI is InChI=1S/C19H17ClN2/c20-18-9-10-21-19-8-5-15(13-17(18)19)14-3-6-16(7-4-14)22-11-1-2-12-22/h3-10,13H,1-2,11-12H2. The first kappa shape index (κ1) is 13.6. The summed E-state index contributed by atoms with van der Waals surface area (Å²) in [5, 5.41) is 1.76. The highest BCUT2D eigenvalue weighted by Crippen LogP contribution is 2.29. The lowest BCUT2D eigenvalue weighted by Crippen LogP contribution is -2.17. The number of rotatable bonds is 2. The Morgan fingerprint density at radius 3 is 2.36 bits per heavy atom. The molecule has 0 unspecified atom stereocenters. The summed E-state index contributed by atoms with van der Waals surface area (Å²) in [5.41, 5.74) is 4.65. The van der Waals surface area contributed by atoms with E-state index in [2.05, 4.69) is 46.3 Å². The van der Waals surface area contributed by atoms with E-state index >= 15 is 0 Å². The van der Waals surface area contributed by atoms with Crippen LogP contribution in [0.2, 0.25) is 5.02 Å². The van der Waals surface area contributed by atoms with Gasteiger partial charge in [-0.2, -0.15) is 0 Å². The highest BCUT2D eigenvalue weighted by atomic mass is 35.5. The zero-order valence-electron chi connectivity index (χ0n) is 12.3. The number of halogens is 1. The largest absolute Gasteiger partial charge is 0.372 e. The van der Waals surface area contributed by atoms with Gasteiger partial charge < -0.3 is 4.90 Å². The minimum atomic E-state index is 0.750. The molecule has 0 atom stereocenters. The normalized spacial score (nSPS) is 14.7. The molecule has 1 aromatic heterocycles. The van der Waals surface area contributed by atoms with Crippen molar-refractivity contribution in [3.63, 3.8) is 0 Å². The summed E-state index contributed by atoms with van der Waals surface area (Å²) < 4.78 is 0. The van der Waals surface area contributed by atoms with Crippen molar-refractivity contribution in [2.45, 2.75) is 12.8 Å². The Kier molecular flexibility index (Phi) is 3.47. The molecule has 3 aromatic rings. The summed E-state index contributed by atoms with van der Waals surface area (Å²) in [6, 6.07) is 16.9. The molecule has 0 N–H and O–H groups in total. The van der Waals surface area contributed by atoms with E-state index in [0.717, 1.165) is 15.9 Å². The molecule has 1 saturated heterocycles. The first-order valence-corrected chi connectivity index (χ1v) is 8.09. The number of anilines is 1. The molecule has 0 amide bonds. The predicted octanol–water partition coefficient (Wildman–Crippen LogP) is 5.16. The first-order chi connectivity index (χ1) is 10.8. The van der Waals surface area contributed by atoms with Gasteiger partial charge in [0.1, 0.15) is 0 Å². The van der Waals surface area contributed by atoms with Crippen molar-refractivity contribution in [1.82, 2.24) is 4.98 Å². The monoisotopic (exact) mass is 308 g/mol. The maximum atomic E-state index is 6.28. The van der Waals surface area contributed by atoms with E-state index in [1.807, 2.05) is 12.1 Å². The van der Waals surface area contributed by atoms with Crippen LogP contribution in [0.3, 0.4) is 0 Å². The molecule has 0 spiro atoms. The van der Waals surface area contributed by atoms with Crippen LogP contribution in [0.25, 0.3) is 22.0 Å². The fourth-order valence-corrected chi connectivity index (χ4v) is 3.34. The maximum Gasteiger partial charge on any atom is 0.0717 e. The zero-order valence-corrected chi connectivity index (χ0v) is 13.1. The van der Waals surface area contributed by atoms with E-state index in [0.29, 0.717) is 0 Å². The molecule has 3 heteroatoms. The van der Waals surface area contributed by atoms with Gasteiger partial charge in [-0.3, -0.25) is 4.98 Å². The Labute approximate surface area is 135 Å². The van der Waals surface area contributed by atoms with Gasteiger partial charge in [-0.15, -0.1) is 0 Å². The molecule has 110 valence electrons. The van der Waals surface area contributed by atoms with Gasteiger partial charge in [-0.25, -0.2) is 0 Å². The van der Waals surface area contributed by atoms with E-state index in [9.17, 15) is 0 Å². The minimum absolute atomic E-state index is 0.750. The van der Waals surface area contributed by atoms with Crippen LogP contribution in [0, 0.1) is 0 Å². The van der Waals surface area contributed by atoms with Crippen molar-refractivity contribution in [2.24, 2.45) is 0 Å². The molecular weight excluding hydrogens is 292 g/mol. The van der Waals surface area contributed by atoms with Gasteiger partial charge in [0.05, 0.1) is 10.5 Å². The first-order valence-electron chi connectivity index (χ1n) is 7.71. The van der Waals surface area contributed by atoms with Crippen LogP contribution in [-0.2, 0) is 0 Å². The second kappa shape index (κ2) is 5.62. The molecule has 0 bridgehead atoms. The van der Waals surface area contributed by atoms with Crippen molar-refractivity contribution in [1.29, 1.82) is 0 Å². The minimum Gasteiger partial charge on any atom is -0.372 e. The van der Waals surface area contributed by atoms with Gasteiger partial charge in [0.25, 0.3) is 0 Å². The zero-order chi connectivity index (χ0) is 14.9. The van der Waals surface area contributed by atoms with Crippen LogP contribution in [-0.4, -0.2) is 18.1 Å². The van der Waals surface area contributed by atoms with Crippen LogP contribution >= 0.6 is 11.6 Å². The summed E-state index contributed by atoms with van der Waals surface area (Å²) >= 11 is 6.28. The smallest absolute Gasteiger partial charge is 0.0717 e. The summed E-state index contributed by atoms with van der Waals surface area (Å²) in [6.07, 6.45) is 4.35. The number of nitrogens with zero attached hydrogens (tertiary/aromatic N) is 2. The molecular formula is C19H17ClN2. The van der Waals surface area contributed by atoms with Gasteiger partial charge in [0.15, 0.2) is 0 Å². The molecule has 0 saturated carbocycles. The molecule has 4 rings (SSSR count). The number of hydrogen-bond donors (Lipinski definition) is 0. The molecule has 0 radical (unpaired) electrons. The van der Waals surface area contributed by atoms with E-state index in [1.165, 1.54) is 42.7 Å². The Balaban J connectivity index is 1.70. The molecule has 2 heterocycles. The van der Waals surface area contributed by atoms with Crippen molar-refractivity contribution < 1.29 is 0 Å². The van der Waals surface area contributed by atoms with Gasteiger partial charge >= 0.3 is 0 Å². The molecule has 1 aliphatic heterocycles. The molecule has 1 fully saturated rings. The van der Waals surface area contributed by atoms with Crippen LogP contribution < -0.4 is 4.90 Å². The van der Waals surface area contributed by atoms with Crippen LogP contribution in [0.5, 0.6) is 0 Å². The highest BCUT2D eigenvalue weighted by molar-refractivity contribution is 6.35. The third-order valence-electron chi connectivity index (χ3n) is 4.36. The molecule has 22 heavy (non-hydrogen) atoms. The summed E-state index contributed by atoms with van der Waals surface area (Å²) in [4.78, 5) is 6.80. The summed E-state index contributed by atoms with van der Waals surface area (Å²) in [5.74, 6) is 0. The van der Waals surface area contributed by atoms with Crippen molar-refractivity contribution in [3.05, 3.63) is 59.8 Å². The third-order valence-corrected chi connectivity index (χ3v) is 4.69. The SMILES string of the molecule is Clc1ccnc2ccc(-c3ccc(N4CCCC4)cc3)cc12. The fourth-order valence-electron chi connectivity index (χ4n) is 3.13. The van der Waals surface area contributed by atoms with Gasteiger partial charge in [0.2, 0.25) is 0 Å². The van der Waals surface area contributed by atoms with E-state index in [4.69, 9.17) is 11.6 Å². The fraction of sp³-hybridized carbons (Fsp3) is 0.211. The highest BCUT2D eigenvalue weighted by Gasteiger charge is 2.12. The number of aromatic nitrogens is 1. The predicted molar refractivity (Wildman–Crippen MR) is 93.6 cm³/mol. The second-order valence-electron chi connectivity index (χ2n) is 5.77. The van der Waals surface area contributed by atoms with Gasteiger partial charge in [-0.05, 0) is 54.3 Å². The topological polar surface area (TPSA) is 16.1 Å². The number of benzene rings is 2. The van der Waals surface area contributed by atoms with Crippen LogP contribution in [0.15, 0.2) is 54.7 Å². The Hall–Kier alpha value is -2.06. The van der Waals surface area contributed by atoms with Crippen molar-refractivity contribution in [3.8, 4) is 11.1 Å². The molecule has 0 aliphatic carbocycles. The second-order valence-corrected chi connectivity index (χ2v) is 6.17. The average molecular weight is 309 g/mol.